The summed E-state index contributed by atoms with van der Waals surface area (Å²) in [5, 5.41) is 16.7. The third kappa shape index (κ3) is 2.08. The molecule has 0 saturated heterocycles. The molecule has 1 aliphatic carbocycles. The Kier molecular flexibility index (Phi) is 3.22. The molecule has 1 aromatic heterocycles. The van der Waals surface area contributed by atoms with Crippen molar-refractivity contribution in [1.29, 1.82) is 0 Å². The van der Waals surface area contributed by atoms with Gasteiger partial charge < -0.3 is 9.67 Å². The molecule has 1 saturated carbocycles. The van der Waals surface area contributed by atoms with E-state index in [2.05, 4.69) is 10.2 Å². The van der Waals surface area contributed by atoms with Crippen LogP contribution >= 0.6 is 0 Å². The second kappa shape index (κ2) is 4.63. The van der Waals surface area contributed by atoms with E-state index in [9.17, 15) is 4.79 Å². The third-order valence-electron chi connectivity index (χ3n) is 3.28. The summed E-state index contributed by atoms with van der Waals surface area (Å²) >= 11 is 0. The highest BCUT2D eigenvalue weighted by Gasteiger charge is 2.21. The van der Waals surface area contributed by atoms with Crippen molar-refractivity contribution in [3.05, 3.63) is 11.6 Å². The number of nitrogens with zero attached hydrogens (tertiary/aromatic N) is 3. The van der Waals surface area contributed by atoms with Crippen molar-refractivity contribution >= 4 is 5.97 Å². The van der Waals surface area contributed by atoms with Crippen LogP contribution in [0.5, 0.6) is 0 Å². The van der Waals surface area contributed by atoms with Crippen LogP contribution in [-0.2, 0) is 13.0 Å². The minimum Gasteiger partial charge on any atom is -0.475 e. The van der Waals surface area contributed by atoms with E-state index in [1.54, 1.807) is 4.57 Å². The molecule has 5 heteroatoms. The van der Waals surface area contributed by atoms with Gasteiger partial charge in [0.1, 0.15) is 5.82 Å². The number of rotatable bonds is 4. The Hall–Kier alpha value is -1.39. The molecule has 1 heterocycles. The topological polar surface area (TPSA) is 68.0 Å². The largest absolute Gasteiger partial charge is 0.475 e. The van der Waals surface area contributed by atoms with Crippen molar-refractivity contribution in [3.8, 4) is 0 Å². The molecule has 0 aromatic carbocycles. The maximum absolute atomic E-state index is 10.9. The molecule has 0 atom stereocenters. The van der Waals surface area contributed by atoms with Crippen LogP contribution in [0.3, 0.4) is 0 Å². The van der Waals surface area contributed by atoms with E-state index in [-0.39, 0.29) is 5.82 Å². The van der Waals surface area contributed by atoms with Crippen LogP contribution in [-0.4, -0.2) is 25.8 Å². The number of carbonyl (C=O) groups is 1. The Morgan fingerprint density at radius 2 is 2.12 bits per heavy atom. The summed E-state index contributed by atoms with van der Waals surface area (Å²) in [4.78, 5) is 10.9. The van der Waals surface area contributed by atoms with Crippen LogP contribution in [0.4, 0.5) is 0 Å². The van der Waals surface area contributed by atoms with Gasteiger partial charge in [-0.2, -0.15) is 0 Å². The highest BCUT2D eigenvalue weighted by molar-refractivity contribution is 5.83. The van der Waals surface area contributed by atoms with Crippen LogP contribution in [0.25, 0.3) is 0 Å². The predicted octanol–water partition coefficient (Wildman–Crippen LogP) is 1.73. The summed E-state index contributed by atoms with van der Waals surface area (Å²) < 4.78 is 1.71. The van der Waals surface area contributed by atoms with E-state index in [4.69, 9.17) is 5.11 Å². The molecule has 0 amide bonds. The molecular formula is C11H17N3O2. The van der Waals surface area contributed by atoms with Crippen LogP contribution in [0, 0.1) is 5.92 Å². The van der Waals surface area contributed by atoms with E-state index in [0.717, 1.165) is 12.2 Å². The molecule has 0 unspecified atom stereocenters. The summed E-state index contributed by atoms with van der Waals surface area (Å²) in [5.74, 6) is 0.561. The molecule has 0 aliphatic heterocycles. The van der Waals surface area contributed by atoms with E-state index in [1.807, 2.05) is 6.92 Å². The van der Waals surface area contributed by atoms with Crippen molar-refractivity contribution in [2.24, 2.45) is 5.92 Å². The van der Waals surface area contributed by atoms with E-state index in [0.29, 0.717) is 12.5 Å². The molecule has 16 heavy (non-hydrogen) atoms. The number of hydrogen-bond donors (Lipinski definition) is 1. The van der Waals surface area contributed by atoms with Crippen LogP contribution in [0.2, 0.25) is 0 Å². The van der Waals surface area contributed by atoms with E-state index >= 15 is 0 Å². The summed E-state index contributed by atoms with van der Waals surface area (Å²) in [6.07, 6.45) is 5.92. The fourth-order valence-corrected chi connectivity index (χ4v) is 2.45. The molecule has 2 rings (SSSR count). The molecule has 1 aromatic rings. The van der Waals surface area contributed by atoms with Gasteiger partial charge in [-0.3, -0.25) is 0 Å². The zero-order chi connectivity index (χ0) is 11.5. The summed E-state index contributed by atoms with van der Waals surface area (Å²) in [5.41, 5.74) is 0. The quantitative estimate of drug-likeness (QED) is 0.844. The lowest BCUT2D eigenvalue weighted by molar-refractivity contribution is 0.0677. The average molecular weight is 223 g/mol. The Balaban J connectivity index is 2.16. The maximum Gasteiger partial charge on any atom is 0.374 e. The number of hydrogen-bond acceptors (Lipinski definition) is 3. The van der Waals surface area contributed by atoms with Gasteiger partial charge in [0.05, 0.1) is 0 Å². The highest BCUT2D eigenvalue weighted by atomic mass is 16.4. The van der Waals surface area contributed by atoms with Crippen molar-refractivity contribution in [1.82, 2.24) is 14.8 Å². The summed E-state index contributed by atoms with van der Waals surface area (Å²) in [6.45, 7) is 2.55. The standard InChI is InChI=1S/C11H17N3O2/c1-2-14-9(7-8-5-3-4-6-8)12-13-10(14)11(15)16/h8H,2-7H2,1H3,(H,15,16). The van der Waals surface area contributed by atoms with Crippen LogP contribution < -0.4 is 0 Å². The second-order valence-electron chi connectivity index (χ2n) is 4.34. The Morgan fingerprint density at radius 1 is 1.44 bits per heavy atom. The van der Waals surface area contributed by atoms with Gasteiger partial charge in [0.15, 0.2) is 0 Å². The fraction of sp³-hybridized carbons (Fsp3) is 0.727. The van der Waals surface area contributed by atoms with Gasteiger partial charge in [0.25, 0.3) is 0 Å². The van der Waals surface area contributed by atoms with Gasteiger partial charge in [-0.05, 0) is 12.8 Å². The number of aromatic carboxylic acids is 1. The zero-order valence-electron chi connectivity index (χ0n) is 9.52. The van der Waals surface area contributed by atoms with Crippen LogP contribution in [0.15, 0.2) is 0 Å². The number of carboxylic acid groups (broad SMARTS) is 1. The van der Waals surface area contributed by atoms with Crippen molar-refractivity contribution < 1.29 is 9.90 Å². The van der Waals surface area contributed by atoms with Gasteiger partial charge in [-0.15, -0.1) is 10.2 Å². The van der Waals surface area contributed by atoms with E-state index in [1.165, 1.54) is 25.7 Å². The first-order chi connectivity index (χ1) is 7.72. The minimum atomic E-state index is -0.993. The molecule has 88 valence electrons. The van der Waals surface area contributed by atoms with E-state index < -0.39 is 5.97 Å². The molecular weight excluding hydrogens is 206 g/mol. The van der Waals surface area contributed by atoms with Gasteiger partial charge in [0, 0.05) is 13.0 Å². The van der Waals surface area contributed by atoms with Gasteiger partial charge in [0.2, 0.25) is 5.82 Å². The molecule has 0 spiro atoms. The number of aromatic nitrogens is 3. The average Bonchev–Trinajstić information content (AvgIpc) is 2.87. The van der Waals surface area contributed by atoms with Crippen LogP contribution in [0.1, 0.15) is 49.1 Å². The van der Waals surface area contributed by atoms with Crippen molar-refractivity contribution in [3.63, 3.8) is 0 Å². The van der Waals surface area contributed by atoms with Crippen molar-refractivity contribution in [2.75, 3.05) is 0 Å². The first-order valence-electron chi connectivity index (χ1n) is 5.87. The molecule has 5 nitrogen and oxygen atoms in total. The van der Waals surface area contributed by atoms with Gasteiger partial charge in [-0.1, -0.05) is 25.7 Å². The maximum atomic E-state index is 10.9. The SMILES string of the molecule is CCn1c(CC2CCCC2)nnc1C(=O)O. The Morgan fingerprint density at radius 3 is 2.69 bits per heavy atom. The predicted molar refractivity (Wildman–Crippen MR) is 58.3 cm³/mol. The smallest absolute Gasteiger partial charge is 0.374 e. The Bertz CT molecular complexity index is 381. The second-order valence-corrected chi connectivity index (χ2v) is 4.34. The fourth-order valence-electron chi connectivity index (χ4n) is 2.45. The lowest BCUT2D eigenvalue weighted by Crippen LogP contribution is -2.13. The molecule has 0 bridgehead atoms. The highest BCUT2D eigenvalue weighted by Crippen LogP contribution is 2.27. The first-order valence-corrected chi connectivity index (χ1v) is 5.87. The molecule has 0 radical (unpaired) electrons. The molecule has 1 fully saturated rings. The summed E-state index contributed by atoms with van der Waals surface area (Å²) in [6, 6.07) is 0. The number of carboxylic acids is 1. The molecule has 1 aliphatic rings. The zero-order valence-corrected chi connectivity index (χ0v) is 9.52. The van der Waals surface area contributed by atoms with Gasteiger partial charge in [-0.25, -0.2) is 4.79 Å². The van der Waals surface area contributed by atoms with Gasteiger partial charge >= 0.3 is 5.97 Å². The molecule has 1 N–H and O–H groups in total. The lowest BCUT2D eigenvalue weighted by Gasteiger charge is -2.09. The Labute approximate surface area is 94.5 Å². The summed E-state index contributed by atoms with van der Waals surface area (Å²) in [7, 11) is 0. The van der Waals surface area contributed by atoms with Crippen molar-refractivity contribution in [2.45, 2.75) is 45.6 Å². The monoisotopic (exact) mass is 223 g/mol. The normalized spacial score (nSPS) is 16.8. The third-order valence-corrected chi connectivity index (χ3v) is 3.28. The first kappa shape index (κ1) is 11.1. The minimum absolute atomic E-state index is 0.0653. The lowest BCUT2D eigenvalue weighted by atomic mass is 10.0.